The van der Waals surface area contributed by atoms with Crippen LogP contribution in [0.25, 0.3) is 32.8 Å². The summed E-state index contributed by atoms with van der Waals surface area (Å²) in [7, 11) is 1.67. The van der Waals surface area contributed by atoms with Crippen LogP contribution in [0.2, 0.25) is 5.02 Å². The number of aromatic hydroxyl groups is 1. The number of rotatable bonds is 21. The molecule has 2 saturated heterocycles. The summed E-state index contributed by atoms with van der Waals surface area (Å²) in [6, 6.07) is 15.4. The molecule has 6 amide bonds. The van der Waals surface area contributed by atoms with Crippen molar-refractivity contribution in [1.29, 1.82) is 0 Å². The van der Waals surface area contributed by atoms with Gasteiger partial charge in [-0.05, 0) is 65.2 Å². The third-order valence-electron chi connectivity index (χ3n) is 12.3. The summed E-state index contributed by atoms with van der Waals surface area (Å²) in [5, 5.41) is 17.7. The first-order valence-corrected chi connectivity index (χ1v) is 23.5. The molecule has 4 aromatic carbocycles. The fraction of sp³-hybridized carbons (Fsp3) is 0.360. The van der Waals surface area contributed by atoms with Gasteiger partial charge in [-0.15, -0.1) is 0 Å². The van der Waals surface area contributed by atoms with Gasteiger partial charge in [0.1, 0.15) is 35.5 Å². The van der Waals surface area contributed by atoms with Crippen LogP contribution in [0, 0.1) is 5.82 Å². The highest BCUT2D eigenvalue weighted by Crippen LogP contribution is 2.42. The molecule has 21 heteroatoms. The van der Waals surface area contributed by atoms with Crippen LogP contribution in [0.5, 0.6) is 11.5 Å². The standard InChI is InChI=1S/C50H52ClFN8O11/c1-3-41(63)58-14-16-59(17-15-58)46-37-29-38(51)43(35-27-31(61)26-30-6-4-5-7-33(30)35)44(52)45(37)55-50(56-46)53-13-12-42(64)57(2)18-19-68-20-21-69-22-23-70-24-25-71-32-8-9-34-36(28-32)49(67)60(48(34)66)39-10-11-40(62)54-47(39)65/h3-9,26-29,39,61H,1,10-25H2,2H3,(H,53,55,56)(H,54,62,65). The number of benzene rings is 4. The number of phenolic OH excluding ortho intramolecular Hbond substituents is 1. The second kappa shape index (κ2) is 22.7. The zero-order chi connectivity index (χ0) is 50.2. The molecule has 3 aliphatic rings. The molecule has 0 spiro atoms. The number of ether oxygens (including phenoxy) is 4. The van der Waals surface area contributed by atoms with Crippen LogP contribution in [-0.2, 0) is 33.4 Å². The first kappa shape index (κ1) is 50.1. The van der Waals surface area contributed by atoms with Gasteiger partial charge >= 0.3 is 0 Å². The number of amides is 6. The first-order valence-electron chi connectivity index (χ1n) is 23.1. The largest absolute Gasteiger partial charge is 0.508 e. The summed E-state index contributed by atoms with van der Waals surface area (Å²) in [5.74, 6) is -2.58. The number of hydrogen-bond acceptors (Lipinski definition) is 15. The molecule has 0 aliphatic carbocycles. The third kappa shape index (κ3) is 11.4. The lowest BCUT2D eigenvalue weighted by Gasteiger charge is -2.35. The summed E-state index contributed by atoms with van der Waals surface area (Å²) in [6.07, 6.45) is 1.45. The van der Waals surface area contributed by atoms with Gasteiger partial charge < -0.3 is 44.1 Å². The van der Waals surface area contributed by atoms with E-state index in [0.29, 0.717) is 85.8 Å². The number of carbonyl (C=O) groups excluding carboxylic acids is 6. The molecule has 0 bridgehead atoms. The molecule has 5 aromatic rings. The van der Waals surface area contributed by atoms with Crippen molar-refractivity contribution < 1.29 is 57.2 Å². The number of phenols is 1. The van der Waals surface area contributed by atoms with Crippen LogP contribution in [-0.4, -0.2) is 164 Å². The van der Waals surface area contributed by atoms with Gasteiger partial charge in [0.05, 0.1) is 55.8 Å². The predicted molar refractivity (Wildman–Crippen MR) is 260 cm³/mol. The number of nitrogens with zero attached hydrogens (tertiary/aromatic N) is 6. The van der Waals surface area contributed by atoms with Crippen molar-refractivity contribution in [2.45, 2.75) is 25.3 Å². The summed E-state index contributed by atoms with van der Waals surface area (Å²) >= 11 is 6.86. The van der Waals surface area contributed by atoms with Crippen LogP contribution >= 0.6 is 11.6 Å². The summed E-state index contributed by atoms with van der Waals surface area (Å²) in [4.78, 5) is 90.6. The second-order valence-corrected chi connectivity index (χ2v) is 17.3. The molecule has 0 radical (unpaired) electrons. The van der Waals surface area contributed by atoms with E-state index < -0.39 is 35.5 Å². The van der Waals surface area contributed by atoms with Crippen molar-refractivity contribution in [2.75, 3.05) is 103 Å². The van der Waals surface area contributed by atoms with Crippen molar-refractivity contribution in [1.82, 2.24) is 30.0 Å². The Bertz CT molecular complexity index is 2900. The average molecular weight is 995 g/mol. The smallest absolute Gasteiger partial charge is 0.262 e. The highest BCUT2D eigenvalue weighted by atomic mass is 35.5. The molecule has 1 unspecified atom stereocenters. The van der Waals surface area contributed by atoms with Crippen molar-refractivity contribution in [3.05, 3.63) is 95.3 Å². The van der Waals surface area contributed by atoms with Gasteiger partial charge in [-0.25, -0.2) is 9.37 Å². The van der Waals surface area contributed by atoms with Crippen molar-refractivity contribution in [3.63, 3.8) is 0 Å². The SMILES string of the molecule is C=CC(=O)N1CCN(c2nc(NCCC(=O)N(C)CCOCCOCCOCCOc3ccc4c(c3)C(=O)N(C3CCC(=O)NC3=O)C4=O)nc3c(F)c(-c4cc(O)cc5ccccc45)c(Cl)cc23)CC1. The molecule has 1 atom stereocenters. The minimum Gasteiger partial charge on any atom is -0.508 e. The maximum Gasteiger partial charge on any atom is 0.262 e. The lowest BCUT2D eigenvalue weighted by atomic mass is 9.96. The highest BCUT2D eigenvalue weighted by Gasteiger charge is 2.44. The van der Waals surface area contributed by atoms with E-state index in [1.807, 2.05) is 29.2 Å². The number of carbonyl (C=O) groups is 6. The van der Waals surface area contributed by atoms with E-state index >= 15 is 4.39 Å². The van der Waals surface area contributed by atoms with E-state index in [1.54, 1.807) is 35.0 Å². The number of anilines is 2. The van der Waals surface area contributed by atoms with Gasteiger partial charge in [0.15, 0.2) is 5.82 Å². The zero-order valence-electron chi connectivity index (χ0n) is 38.9. The lowest BCUT2D eigenvalue weighted by molar-refractivity contribution is -0.136. The fourth-order valence-corrected chi connectivity index (χ4v) is 8.91. The summed E-state index contributed by atoms with van der Waals surface area (Å²) < 4.78 is 39.4. The monoisotopic (exact) mass is 994 g/mol. The number of imide groups is 2. The van der Waals surface area contributed by atoms with E-state index in [9.17, 15) is 33.9 Å². The Morgan fingerprint density at radius 2 is 1.59 bits per heavy atom. The molecular formula is C50H52ClFN8O11. The lowest BCUT2D eigenvalue weighted by Crippen LogP contribution is -2.54. The minimum absolute atomic E-state index is 0.00596. The van der Waals surface area contributed by atoms with Crippen LogP contribution in [0.15, 0.2) is 73.3 Å². The predicted octanol–water partition coefficient (Wildman–Crippen LogP) is 4.57. The van der Waals surface area contributed by atoms with Crippen molar-refractivity contribution >= 4 is 80.5 Å². The Labute approximate surface area is 412 Å². The Hall–Kier alpha value is -7.26. The highest BCUT2D eigenvalue weighted by molar-refractivity contribution is 6.35. The number of fused-ring (bicyclic) bond motifs is 3. The average Bonchev–Trinajstić information content (AvgIpc) is 3.61. The molecule has 19 nitrogen and oxygen atoms in total. The van der Waals surface area contributed by atoms with Crippen molar-refractivity contribution in [3.8, 4) is 22.6 Å². The third-order valence-corrected chi connectivity index (χ3v) is 12.6. The van der Waals surface area contributed by atoms with Gasteiger partial charge in [0.2, 0.25) is 29.6 Å². The number of halogens is 2. The molecule has 71 heavy (non-hydrogen) atoms. The van der Waals surface area contributed by atoms with E-state index in [-0.39, 0.29) is 103 Å². The number of piperidine rings is 1. The van der Waals surface area contributed by atoms with E-state index in [2.05, 4.69) is 22.2 Å². The van der Waals surface area contributed by atoms with Crippen LogP contribution in [0.3, 0.4) is 0 Å². The van der Waals surface area contributed by atoms with Gasteiger partial charge in [0, 0.05) is 70.1 Å². The van der Waals surface area contributed by atoms with Crippen LogP contribution < -0.4 is 20.3 Å². The Morgan fingerprint density at radius 1 is 0.887 bits per heavy atom. The fourth-order valence-electron chi connectivity index (χ4n) is 8.61. The summed E-state index contributed by atoms with van der Waals surface area (Å²) in [6.45, 7) is 7.48. The normalized spacial score (nSPS) is 15.9. The Morgan fingerprint density at radius 3 is 2.32 bits per heavy atom. The molecule has 2 fully saturated rings. The molecule has 372 valence electrons. The number of hydrogen-bond donors (Lipinski definition) is 3. The maximum atomic E-state index is 16.9. The zero-order valence-corrected chi connectivity index (χ0v) is 39.7. The number of piperazine rings is 1. The number of aromatic nitrogens is 2. The number of likely N-dealkylation sites (N-methyl/N-ethyl adjacent to an activating group) is 1. The molecule has 0 saturated carbocycles. The van der Waals surface area contributed by atoms with Crippen LogP contribution in [0.4, 0.5) is 16.2 Å². The minimum atomic E-state index is -1.05. The van der Waals surface area contributed by atoms with Gasteiger partial charge in [0.25, 0.3) is 11.8 Å². The second-order valence-electron chi connectivity index (χ2n) is 16.9. The number of nitrogens with one attached hydrogen (secondary N) is 2. The van der Waals surface area contributed by atoms with E-state index in [0.717, 1.165) is 4.90 Å². The first-order chi connectivity index (χ1) is 34.3. The topological polar surface area (TPSA) is 222 Å². The van der Waals surface area contributed by atoms with Gasteiger partial charge in [-0.1, -0.05) is 42.4 Å². The Kier molecular flexibility index (Phi) is 16.0. The molecular weight excluding hydrogens is 943 g/mol. The van der Waals surface area contributed by atoms with E-state index in [1.165, 1.54) is 24.3 Å². The van der Waals surface area contributed by atoms with E-state index in [4.69, 9.17) is 35.5 Å². The molecule has 1 aromatic heterocycles. The molecule has 3 N–H and O–H groups in total. The maximum absolute atomic E-state index is 16.9. The van der Waals surface area contributed by atoms with Gasteiger partial charge in [-0.3, -0.25) is 39.0 Å². The molecule has 4 heterocycles. The Balaban J connectivity index is 0.761. The van der Waals surface area contributed by atoms with Crippen LogP contribution in [0.1, 0.15) is 40.0 Å². The molecule has 8 rings (SSSR count). The van der Waals surface area contributed by atoms with Crippen molar-refractivity contribution in [2.24, 2.45) is 0 Å². The summed E-state index contributed by atoms with van der Waals surface area (Å²) in [5.41, 5.74) is 0.746. The quantitative estimate of drug-likeness (QED) is 0.0521. The van der Waals surface area contributed by atoms with Gasteiger partial charge in [-0.2, -0.15) is 4.98 Å². The molecule has 3 aliphatic heterocycles.